The van der Waals surface area contributed by atoms with Crippen LogP contribution in [0.4, 0.5) is 0 Å². The molecule has 0 bridgehead atoms. The van der Waals surface area contributed by atoms with Crippen molar-refractivity contribution in [3.8, 4) is 5.75 Å². The zero-order chi connectivity index (χ0) is 11.8. The molecule has 1 aliphatic rings. The molecule has 3 nitrogen and oxygen atoms in total. The van der Waals surface area contributed by atoms with Crippen LogP contribution in [0.15, 0.2) is 24.4 Å². The van der Waals surface area contributed by atoms with E-state index < -0.39 is 0 Å². The lowest BCUT2D eigenvalue weighted by Gasteiger charge is -2.26. The smallest absolute Gasteiger partial charge is 0.139 e. The van der Waals surface area contributed by atoms with Gasteiger partial charge in [0, 0.05) is 31.2 Å². The fourth-order valence-electron chi connectivity index (χ4n) is 2.54. The molecule has 0 spiro atoms. The first-order valence-electron chi connectivity index (χ1n) is 6.25. The number of para-hydroxylation sites is 1. The molecule has 3 rings (SSSR count). The Balaban J connectivity index is 1.90. The van der Waals surface area contributed by atoms with E-state index in [4.69, 9.17) is 0 Å². The van der Waals surface area contributed by atoms with Crippen molar-refractivity contribution in [1.82, 2.24) is 9.88 Å². The molecule has 2 N–H and O–H groups in total. The molecular formula is C14H18N2O. The first-order valence-corrected chi connectivity index (χ1v) is 6.25. The van der Waals surface area contributed by atoms with Crippen molar-refractivity contribution in [2.75, 3.05) is 0 Å². The van der Waals surface area contributed by atoms with Crippen molar-refractivity contribution in [1.29, 1.82) is 0 Å². The number of nitrogens with one attached hydrogen (secondary N) is 1. The molecule has 0 aliphatic heterocycles. The lowest BCUT2D eigenvalue weighted by molar-refractivity contribution is 0.338. The van der Waals surface area contributed by atoms with E-state index in [-0.39, 0.29) is 0 Å². The van der Waals surface area contributed by atoms with Crippen molar-refractivity contribution in [2.45, 2.75) is 31.8 Å². The van der Waals surface area contributed by atoms with Crippen LogP contribution in [-0.4, -0.2) is 15.7 Å². The van der Waals surface area contributed by atoms with Gasteiger partial charge in [-0.25, -0.2) is 0 Å². The SMILES string of the molecule is Cn1cc(CNC2CCC2)c2cccc(O)c21. The Hall–Kier alpha value is -1.48. The molecule has 1 aliphatic carbocycles. The van der Waals surface area contributed by atoms with Crippen LogP contribution in [-0.2, 0) is 13.6 Å². The molecule has 0 radical (unpaired) electrons. The van der Waals surface area contributed by atoms with E-state index in [9.17, 15) is 5.11 Å². The van der Waals surface area contributed by atoms with Crippen molar-refractivity contribution in [3.63, 3.8) is 0 Å². The number of nitrogens with zero attached hydrogens (tertiary/aromatic N) is 1. The Bertz CT molecular complexity index is 540. The van der Waals surface area contributed by atoms with Crippen LogP contribution >= 0.6 is 0 Å². The Morgan fingerprint density at radius 2 is 2.24 bits per heavy atom. The quantitative estimate of drug-likeness (QED) is 0.850. The normalized spacial score (nSPS) is 16.3. The highest BCUT2D eigenvalue weighted by molar-refractivity contribution is 5.88. The summed E-state index contributed by atoms with van der Waals surface area (Å²) >= 11 is 0. The third-order valence-electron chi connectivity index (χ3n) is 3.75. The fourth-order valence-corrected chi connectivity index (χ4v) is 2.54. The van der Waals surface area contributed by atoms with Crippen molar-refractivity contribution >= 4 is 10.9 Å². The molecule has 0 saturated heterocycles. The summed E-state index contributed by atoms with van der Waals surface area (Å²) < 4.78 is 2.00. The second-order valence-electron chi connectivity index (χ2n) is 4.95. The number of phenols is 1. The first kappa shape index (κ1) is 10.7. The maximum atomic E-state index is 9.86. The first-order chi connectivity index (χ1) is 8.25. The van der Waals surface area contributed by atoms with E-state index in [0.717, 1.165) is 17.4 Å². The third kappa shape index (κ3) is 1.80. The number of rotatable bonds is 3. The van der Waals surface area contributed by atoms with Gasteiger partial charge in [-0.2, -0.15) is 0 Å². The molecule has 1 fully saturated rings. The Morgan fingerprint density at radius 1 is 1.41 bits per heavy atom. The van der Waals surface area contributed by atoms with Crippen LogP contribution in [0.1, 0.15) is 24.8 Å². The summed E-state index contributed by atoms with van der Waals surface area (Å²) in [5.74, 6) is 0.361. The van der Waals surface area contributed by atoms with Crippen LogP contribution in [0.2, 0.25) is 0 Å². The molecule has 17 heavy (non-hydrogen) atoms. The number of benzene rings is 1. The van der Waals surface area contributed by atoms with E-state index in [0.29, 0.717) is 11.8 Å². The summed E-state index contributed by atoms with van der Waals surface area (Å²) in [6.45, 7) is 0.894. The van der Waals surface area contributed by atoms with Crippen molar-refractivity contribution < 1.29 is 5.11 Å². The molecule has 1 heterocycles. The number of aromatic hydroxyl groups is 1. The van der Waals surface area contributed by atoms with Gasteiger partial charge in [-0.05, 0) is 24.5 Å². The monoisotopic (exact) mass is 230 g/mol. The second kappa shape index (κ2) is 4.08. The summed E-state index contributed by atoms with van der Waals surface area (Å²) in [5, 5.41) is 14.6. The maximum absolute atomic E-state index is 9.86. The van der Waals surface area contributed by atoms with Gasteiger partial charge in [0.25, 0.3) is 0 Å². The maximum Gasteiger partial charge on any atom is 0.139 e. The minimum Gasteiger partial charge on any atom is -0.506 e. The number of hydrogen-bond acceptors (Lipinski definition) is 2. The average molecular weight is 230 g/mol. The van der Waals surface area contributed by atoms with Gasteiger partial charge in [0.1, 0.15) is 5.75 Å². The van der Waals surface area contributed by atoms with Crippen LogP contribution < -0.4 is 5.32 Å². The fraction of sp³-hybridized carbons (Fsp3) is 0.429. The van der Waals surface area contributed by atoms with Crippen LogP contribution in [0.5, 0.6) is 5.75 Å². The van der Waals surface area contributed by atoms with E-state index in [1.54, 1.807) is 6.07 Å². The van der Waals surface area contributed by atoms with E-state index in [1.165, 1.54) is 24.8 Å². The highest BCUT2D eigenvalue weighted by atomic mass is 16.3. The summed E-state index contributed by atoms with van der Waals surface area (Å²) in [6, 6.07) is 6.42. The van der Waals surface area contributed by atoms with Crippen LogP contribution in [0.25, 0.3) is 10.9 Å². The third-order valence-corrected chi connectivity index (χ3v) is 3.75. The molecule has 1 aromatic carbocycles. The summed E-state index contributed by atoms with van der Waals surface area (Å²) in [7, 11) is 1.98. The van der Waals surface area contributed by atoms with Crippen LogP contribution in [0.3, 0.4) is 0 Å². The summed E-state index contributed by atoms with van der Waals surface area (Å²) in [6.07, 6.45) is 6.07. The Kier molecular flexibility index (Phi) is 2.56. The Morgan fingerprint density at radius 3 is 2.94 bits per heavy atom. The van der Waals surface area contributed by atoms with E-state index in [1.807, 2.05) is 17.7 Å². The Labute approximate surface area is 101 Å². The number of hydrogen-bond donors (Lipinski definition) is 2. The predicted molar refractivity (Wildman–Crippen MR) is 69.1 cm³/mol. The van der Waals surface area contributed by atoms with Gasteiger partial charge in [0.15, 0.2) is 0 Å². The lowest BCUT2D eigenvalue weighted by Crippen LogP contribution is -2.34. The minimum atomic E-state index is 0.361. The number of fused-ring (bicyclic) bond motifs is 1. The highest BCUT2D eigenvalue weighted by Crippen LogP contribution is 2.28. The van der Waals surface area contributed by atoms with E-state index in [2.05, 4.69) is 17.6 Å². The van der Waals surface area contributed by atoms with Crippen LogP contribution in [0, 0.1) is 0 Å². The van der Waals surface area contributed by atoms with E-state index >= 15 is 0 Å². The zero-order valence-electron chi connectivity index (χ0n) is 10.1. The van der Waals surface area contributed by atoms with Gasteiger partial charge in [-0.1, -0.05) is 18.6 Å². The molecule has 90 valence electrons. The predicted octanol–water partition coefficient (Wildman–Crippen LogP) is 2.53. The highest BCUT2D eigenvalue weighted by Gasteiger charge is 2.17. The molecule has 3 heteroatoms. The second-order valence-corrected chi connectivity index (χ2v) is 4.95. The number of phenolic OH excluding ortho intramolecular Hbond substituents is 1. The minimum absolute atomic E-state index is 0.361. The van der Waals surface area contributed by atoms with Crippen molar-refractivity contribution in [2.24, 2.45) is 7.05 Å². The summed E-state index contributed by atoms with van der Waals surface area (Å²) in [4.78, 5) is 0. The molecule has 1 saturated carbocycles. The van der Waals surface area contributed by atoms with Crippen molar-refractivity contribution in [3.05, 3.63) is 30.0 Å². The molecular weight excluding hydrogens is 212 g/mol. The van der Waals surface area contributed by atoms with Gasteiger partial charge < -0.3 is 15.0 Å². The lowest BCUT2D eigenvalue weighted by atomic mass is 9.93. The molecule has 0 amide bonds. The largest absolute Gasteiger partial charge is 0.506 e. The van der Waals surface area contributed by atoms with Gasteiger partial charge >= 0.3 is 0 Å². The summed E-state index contributed by atoms with van der Waals surface area (Å²) in [5.41, 5.74) is 2.20. The standard InChI is InChI=1S/C14H18N2O/c1-16-9-10(8-15-11-4-2-5-11)12-6-3-7-13(17)14(12)16/h3,6-7,9,11,15,17H,2,4-5,8H2,1H3. The molecule has 0 unspecified atom stereocenters. The number of aryl methyl sites for hydroxylation is 1. The topological polar surface area (TPSA) is 37.2 Å². The van der Waals surface area contributed by atoms with Gasteiger partial charge in [0.2, 0.25) is 0 Å². The molecule has 2 aromatic rings. The molecule has 0 atom stereocenters. The zero-order valence-corrected chi connectivity index (χ0v) is 10.1. The molecule has 1 aromatic heterocycles. The average Bonchev–Trinajstić information content (AvgIpc) is 2.55. The van der Waals surface area contributed by atoms with Gasteiger partial charge in [-0.15, -0.1) is 0 Å². The van der Waals surface area contributed by atoms with Gasteiger partial charge in [-0.3, -0.25) is 0 Å². The van der Waals surface area contributed by atoms with Gasteiger partial charge in [0.05, 0.1) is 5.52 Å². The number of aromatic nitrogens is 1.